The maximum atomic E-state index is 14.0. The Morgan fingerprint density at radius 3 is 2.15 bits per heavy atom. The molecule has 220 valence electrons. The van der Waals surface area contributed by atoms with Crippen molar-refractivity contribution in [2.24, 2.45) is 0 Å². The molecule has 0 aliphatic rings. The number of hydrogen-bond donors (Lipinski definition) is 1. The van der Waals surface area contributed by atoms with Crippen LogP contribution in [-0.2, 0) is 26.2 Å². The number of halogens is 2. The van der Waals surface area contributed by atoms with Gasteiger partial charge in [0, 0.05) is 24.2 Å². The standard InChI is InChI=1S/C29H33ClFN3O6S/c1-5-25(29(36)32-6-2)33(18-20-7-9-21(30)10-8-20)28(35)19-34(23-13-11-22(31)12-14-23)41(37,38)24-15-16-26(39-3)27(17-24)40-4/h7-17,25H,5-6,18-19H2,1-4H3,(H,32,36)/t25-/m0/s1. The van der Waals surface area contributed by atoms with Gasteiger partial charge in [-0.05, 0) is 67.4 Å². The summed E-state index contributed by atoms with van der Waals surface area (Å²) in [6, 6.07) is 14.7. The van der Waals surface area contributed by atoms with Crippen molar-refractivity contribution < 1.29 is 31.9 Å². The van der Waals surface area contributed by atoms with E-state index < -0.39 is 34.3 Å². The minimum Gasteiger partial charge on any atom is -0.493 e. The quantitative estimate of drug-likeness (QED) is 0.304. The number of methoxy groups -OCH3 is 2. The SMILES string of the molecule is CCNC(=O)[C@H](CC)N(Cc1ccc(Cl)cc1)C(=O)CN(c1ccc(F)cc1)S(=O)(=O)c1ccc(OC)c(OC)c1. The molecule has 2 amide bonds. The van der Waals surface area contributed by atoms with Crippen molar-refractivity contribution in [2.75, 3.05) is 31.6 Å². The van der Waals surface area contributed by atoms with E-state index >= 15 is 0 Å². The predicted molar refractivity (Wildman–Crippen MR) is 155 cm³/mol. The average molecular weight is 606 g/mol. The van der Waals surface area contributed by atoms with Crippen molar-refractivity contribution in [3.05, 3.63) is 83.1 Å². The zero-order chi connectivity index (χ0) is 30.2. The first-order chi connectivity index (χ1) is 19.5. The fourth-order valence-electron chi connectivity index (χ4n) is 4.24. The van der Waals surface area contributed by atoms with Crippen molar-refractivity contribution in [3.8, 4) is 11.5 Å². The van der Waals surface area contributed by atoms with Crippen LogP contribution in [0.4, 0.5) is 10.1 Å². The molecular formula is C29H33ClFN3O6S. The highest BCUT2D eigenvalue weighted by Gasteiger charge is 2.34. The molecule has 12 heteroatoms. The number of hydrogen-bond acceptors (Lipinski definition) is 6. The van der Waals surface area contributed by atoms with E-state index in [4.69, 9.17) is 21.1 Å². The number of sulfonamides is 1. The second-order valence-electron chi connectivity index (χ2n) is 8.97. The number of carbonyl (C=O) groups is 2. The molecule has 9 nitrogen and oxygen atoms in total. The van der Waals surface area contributed by atoms with Gasteiger partial charge in [-0.15, -0.1) is 0 Å². The van der Waals surface area contributed by atoms with Gasteiger partial charge in [-0.25, -0.2) is 12.8 Å². The highest BCUT2D eigenvalue weighted by atomic mass is 35.5. The molecule has 0 aliphatic heterocycles. The predicted octanol–water partition coefficient (Wildman–Crippen LogP) is 4.64. The summed E-state index contributed by atoms with van der Waals surface area (Å²) in [5.74, 6) is -1.08. The number of benzene rings is 3. The first-order valence-electron chi connectivity index (χ1n) is 12.9. The average Bonchev–Trinajstić information content (AvgIpc) is 2.96. The second kappa shape index (κ2) is 14.2. The molecule has 0 aliphatic carbocycles. The highest BCUT2D eigenvalue weighted by molar-refractivity contribution is 7.92. The molecule has 0 spiro atoms. The number of anilines is 1. The lowest BCUT2D eigenvalue weighted by atomic mass is 10.1. The number of nitrogens with zero attached hydrogens (tertiary/aromatic N) is 2. The van der Waals surface area contributed by atoms with E-state index in [2.05, 4.69) is 5.32 Å². The van der Waals surface area contributed by atoms with Gasteiger partial charge >= 0.3 is 0 Å². The molecule has 1 N–H and O–H groups in total. The number of nitrogens with one attached hydrogen (secondary N) is 1. The van der Waals surface area contributed by atoms with Gasteiger partial charge in [-0.3, -0.25) is 13.9 Å². The third kappa shape index (κ3) is 7.68. The molecule has 0 aromatic heterocycles. The fourth-order valence-corrected chi connectivity index (χ4v) is 5.79. The molecule has 0 radical (unpaired) electrons. The lowest BCUT2D eigenvalue weighted by molar-refractivity contribution is -0.140. The summed E-state index contributed by atoms with van der Waals surface area (Å²) in [5.41, 5.74) is 0.758. The van der Waals surface area contributed by atoms with Crippen LogP contribution in [0.5, 0.6) is 11.5 Å². The molecule has 0 bridgehead atoms. The van der Waals surface area contributed by atoms with Crippen molar-refractivity contribution in [2.45, 2.75) is 37.8 Å². The third-order valence-corrected chi connectivity index (χ3v) is 8.36. The maximum absolute atomic E-state index is 14.0. The van der Waals surface area contributed by atoms with Crippen LogP contribution in [0, 0.1) is 5.82 Å². The van der Waals surface area contributed by atoms with Crippen molar-refractivity contribution in [1.29, 1.82) is 0 Å². The van der Waals surface area contributed by atoms with E-state index in [1.165, 1.54) is 49.5 Å². The van der Waals surface area contributed by atoms with Gasteiger partial charge in [-0.1, -0.05) is 30.7 Å². The fraction of sp³-hybridized carbons (Fsp3) is 0.310. The third-order valence-electron chi connectivity index (χ3n) is 6.34. The van der Waals surface area contributed by atoms with E-state index in [0.717, 1.165) is 16.4 Å². The topological polar surface area (TPSA) is 105 Å². The van der Waals surface area contributed by atoms with Gasteiger partial charge < -0.3 is 19.7 Å². The Bertz CT molecular complexity index is 1450. The Balaban J connectivity index is 2.09. The smallest absolute Gasteiger partial charge is 0.264 e. The zero-order valence-corrected chi connectivity index (χ0v) is 24.8. The molecular weight excluding hydrogens is 573 g/mol. The molecule has 0 fully saturated rings. The molecule has 0 unspecified atom stereocenters. The van der Waals surface area contributed by atoms with Crippen LogP contribution >= 0.6 is 11.6 Å². The van der Waals surface area contributed by atoms with Gasteiger partial charge in [0.2, 0.25) is 11.8 Å². The second-order valence-corrected chi connectivity index (χ2v) is 11.3. The summed E-state index contributed by atoms with van der Waals surface area (Å²) in [7, 11) is -1.59. The Morgan fingerprint density at radius 2 is 1.59 bits per heavy atom. The Labute approximate surface area is 244 Å². The molecule has 3 aromatic carbocycles. The van der Waals surface area contributed by atoms with Crippen LogP contribution in [0.25, 0.3) is 0 Å². The minimum absolute atomic E-state index is 0.0271. The Kier molecular flexibility index (Phi) is 11.0. The molecule has 3 rings (SSSR count). The van der Waals surface area contributed by atoms with Gasteiger partial charge in [0.1, 0.15) is 18.4 Å². The first kappa shape index (κ1) is 31.7. The Morgan fingerprint density at radius 1 is 0.951 bits per heavy atom. The summed E-state index contributed by atoms with van der Waals surface area (Å²) in [5, 5.41) is 3.25. The lowest BCUT2D eigenvalue weighted by Gasteiger charge is -2.33. The van der Waals surface area contributed by atoms with Gasteiger partial charge in [0.25, 0.3) is 10.0 Å². The van der Waals surface area contributed by atoms with Crippen LogP contribution in [0.3, 0.4) is 0 Å². The summed E-state index contributed by atoms with van der Waals surface area (Å²) >= 11 is 6.03. The van der Waals surface area contributed by atoms with Gasteiger partial charge in [0.15, 0.2) is 11.5 Å². The first-order valence-corrected chi connectivity index (χ1v) is 14.7. The van der Waals surface area contributed by atoms with Crippen molar-refractivity contribution >= 4 is 39.1 Å². The van der Waals surface area contributed by atoms with Crippen LogP contribution < -0.4 is 19.1 Å². The summed E-state index contributed by atoms with van der Waals surface area (Å²) in [4.78, 5) is 28.1. The van der Waals surface area contributed by atoms with E-state index in [-0.39, 0.29) is 35.2 Å². The van der Waals surface area contributed by atoms with Gasteiger partial charge in [-0.2, -0.15) is 0 Å². The van der Waals surface area contributed by atoms with Crippen LogP contribution in [0.1, 0.15) is 25.8 Å². The highest BCUT2D eigenvalue weighted by Crippen LogP contribution is 2.32. The van der Waals surface area contributed by atoms with Crippen LogP contribution in [-0.4, -0.2) is 58.5 Å². The lowest BCUT2D eigenvalue weighted by Crippen LogP contribution is -2.52. The molecule has 0 saturated carbocycles. The number of carbonyl (C=O) groups excluding carboxylic acids is 2. The monoisotopic (exact) mass is 605 g/mol. The molecule has 1 atom stereocenters. The Hall–Kier alpha value is -3.83. The number of rotatable bonds is 13. The van der Waals surface area contributed by atoms with E-state index in [1.54, 1.807) is 38.1 Å². The summed E-state index contributed by atoms with van der Waals surface area (Å²) < 4.78 is 53.2. The zero-order valence-electron chi connectivity index (χ0n) is 23.3. The molecule has 0 saturated heterocycles. The minimum atomic E-state index is -4.38. The number of likely N-dealkylation sites (N-methyl/N-ethyl adjacent to an activating group) is 1. The van der Waals surface area contributed by atoms with E-state index in [1.807, 2.05) is 0 Å². The van der Waals surface area contributed by atoms with Crippen molar-refractivity contribution in [1.82, 2.24) is 10.2 Å². The van der Waals surface area contributed by atoms with Crippen molar-refractivity contribution in [3.63, 3.8) is 0 Å². The largest absolute Gasteiger partial charge is 0.493 e. The van der Waals surface area contributed by atoms with Crippen LogP contribution in [0.15, 0.2) is 71.6 Å². The molecule has 3 aromatic rings. The number of ether oxygens (including phenoxy) is 2. The molecule has 41 heavy (non-hydrogen) atoms. The van der Waals surface area contributed by atoms with E-state index in [0.29, 0.717) is 22.9 Å². The maximum Gasteiger partial charge on any atom is 0.264 e. The van der Waals surface area contributed by atoms with Gasteiger partial charge in [0.05, 0.1) is 24.8 Å². The number of amides is 2. The van der Waals surface area contributed by atoms with E-state index in [9.17, 15) is 22.4 Å². The summed E-state index contributed by atoms with van der Waals surface area (Å²) in [6.45, 7) is 3.25. The van der Waals surface area contributed by atoms with Crippen LogP contribution in [0.2, 0.25) is 5.02 Å². The summed E-state index contributed by atoms with van der Waals surface area (Å²) in [6.07, 6.45) is 0.282. The molecule has 0 heterocycles. The normalized spacial score (nSPS) is 11.9.